The first-order chi connectivity index (χ1) is 14.3. The summed E-state index contributed by atoms with van der Waals surface area (Å²) >= 11 is 0. The maximum atomic E-state index is 12.4. The van der Waals surface area contributed by atoms with Crippen LogP contribution in [0.3, 0.4) is 0 Å². The molecule has 10 heteroatoms. The summed E-state index contributed by atoms with van der Waals surface area (Å²) < 4.78 is 31.9. The molecule has 1 heterocycles. The van der Waals surface area contributed by atoms with Gasteiger partial charge in [0.25, 0.3) is 10.1 Å². The molecule has 0 radical (unpaired) electrons. The summed E-state index contributed by atoms with van der Waals surface area (Å²) in [5.74, 6) is -0.327. The number of aryl methyl sites for hydroxylation is 1. The molecule has 2 aromatic rings. The third-order valence-corrected chi connectivity index (χ3v) is 4.79. The van der Waals surface area contributed by atoms with Gasteiger partial charge in [0.05, 0.1) is 25.2 Å². The molecule has 0 aliphatic carbocycles. The van der Waals surface area contributed by atoms with E-state index in [1.807, 2.05) is 6.92 Å². The minimum absolute atomic E-state index is 0.0389. The van der Waals surface area contributed by atoms with Crippen LogP contribution in [-0.2, 0) is 36.7 Å². The monoisotopic (exact) mass is 435 g/mol. The van der Waals surface area contributed by atoms with E-state index >= 15 is 0 Å². The number of ether oxygens (including phenoxy) is 1. The van der Waals surface area contributed by atoms with Crippen molar-refractivity contribution in [3.8, 4) is 0 Å². The lowest BCUT2D eigenvalue weighted by atomic mass is 10.0. The standard InChI is InChI=1S/C20H25N3O6S/c1-4-16-18(20(25)28-5-2)19(22-13-21-16)23-17(12-24)15-8-6-14(7-9-15)10-11-29-30(3,26)27/h6-9,12-13,17H,4-5,10-11H2,1-3H3,(H,21,22,23). The Kier molecular flexibility index (Phi) is 8.43. The van der Waals surface area contributed by atoms with E-state index in [1.165, 1.54) is 6.33 Å². The van der Waals surface area contributed by atoms with Crippen LogP contribution in [0.5, 0.6) is 0 Å². The quantitative estimate of drug-likeness (QED) is 0.321. The van der Waals surface area contributed by atoms with Crippen molar-refractivity contribution in [1.82, 2.24) is 9.97 Å². The molecule has 30 heavy (non-hydrogen) atoms. The van der Waals surface area contributed by atoms with E-state index in [0.717, 1.165) is 11.8 Å². The van der Waals surface area contributed by atoms with Gasteiger partial charge in [-0.25, -0.2) is 14.8 Å². The Morgan fingerprint density at radius 1 is 1.20 bits per heavy atom. The number of nitrogens with zero attached hydrogens (tertiary/aromatic N) is 2. The highest BCUT2D eigenvalue weighted by molar-refractivity contribution is 7.85. The molecule has 1 unspecified atom stereocenters. The average molecular weight is 436 g/mol. The first-order valence-corrected chi connectivity index (χ1v) is 11.3. The Morgan fingerprint density at radius 2 is 1.90 bits per heavy atom. The number of anilines is 1. The lowest BCUT2D eigenvalue weighted by Crippen LogP contribution is -2.19. The van der Waals surface area contributed by atoms with Gasteiger partial charge in [-0.2, -0.15) is 8.42 Å². The van der Waals surface area contributed by atoms with Gasteiger partial charge in [-0.05, 0) is 30.9 Å². The highest BCUT2D eigenvalue weighted by Crippen LogP contribution is 2.23. The highest BCUT2D eigenvalue weighted by atomic mass is 32.2. The largest absolute Gasteiger partial charge is 0.462 e. The Bertz CT molecular complexity index is 977. The van der Waals surface area contributed by atoms with E-state index in [-0.39, 0.29) is 24.6 Å². The van der Waals surface area contributed by atoms with E-state index in [2.05, 4.69) is 15.3 Å². The van der Waals surface area contributed by atoms with Crippen LogP contribution < -0.4 is 5.32 Å². The van der Waals surface area contributed by atoms with Crippen molar-refractivity contribution >= 4 is 28.2 Å². The van der Waals surface area contributed by atoms with Crippen molar-refractivity contribution in [3.05, 3.63) is 53.0 Å². The van der Waals surface area contributed by atoms with E-state index < -0.39 is 22.1 Å². The topological polar surface area (TPSA) is 125 Å². The summed E-state index contributed by atoms with van der Waals surface area (Å²) in [6.07, 6.45) is 3.95. The minimum Gasteiger partial charge on any atom is -0.462 e. The normalized spacial score (nSPS) is 12.2. The summed E-state index contributed by atoms with van der Waals surface area (Å²) in [6, 6.07) is 6.30. The number of hydrogen-bond acceptors (Lipinski definition) is 9. The van der Waals surface area contributed by atoms with Crippen LogP contribution in [0, 0.1) is 0 Å². The number of carbonyl (C=O) groups is 2. The lowest BCUT2D eigenvalue weighted by Gasteiger charge is -2.17. The summed E-state index contributed by atoms with van der Waals surface area (Å²) in [5.41, 5.74) is 2.25. The Hall–Kier alpha value is -2.85. The fourth-order valence-corrected chi connectivity index (χ4v) is 3.15. The number of benzene rings is 1. The van der Waals surface area contributed by atoms with Crippen LogP contribution >= 0.6 is 0 Å². The van der Waals surface area contributed by atoms with Gasteiger partial charge in [-0.1, -0.05) is 31.2 Å². The third kappa shape index (κ3) is 6.60. The number of aldehydes is 1. The van der Waals surface area contributed by atoms with Crippen LogP contribution in [0.4, 0.5) is 5.82 Å². The van der Waals surface area contributed by atoms with Crippen LogP contribution in [0.2, 0.25) is 0 Å². The molecule has 1 N–H and O–H groups in total. The van der Waals surface area contributed by atoms with Crippen molar-refractivity contribution < 1.29 is 26.9 Å². The zero-order valence-electron chi connectivity index (χ0n) is 17.1. The fourth-order valence-electron chi connectivity index (χ4n) is 2.76. The van der Waals surface area contributed by atoms with E-state index in [9.17, 15) is 18.0 Å². The van der Waals surface area contributed by atoms with Crippen LogP contribution in [0.25, 0.3) is 0 Å². The molecule has 0 bridgehead atoms. The number of nitrogens with one attached hydrogen (secondary N) is 1. The maximum Gasteiger partial charge on any atom is 0.343 e. The van der Waals surface area contributed by atoms with Gasteiger partial charge >= 0.3 is 5.97 Å². The number of rotatable bonds is 11. The molecule has 162 valence electrons. The zero-order chi connectivity index (χ0) is 22.1. The molecule has 2 rings (SSSR count). The Labute approximate surface area is 176 Å². The van der Waals surface area contributed by atoms with Gasteiger partial charge in [0.15, 0.2) is 0 Å². The van der Waals surface area contributed by atoms with Crippen molar-refractivity contribution in [2.45, 2.75) is 32.7 Å². The van der Waals surface area contributed by atoms with Crippen LogP contribution in [-0.4, -0.2) is 50.1 Å². The summed E-state index contributed by atoms with van der Waals surface area (Å²) in [7, 11) is -3.48. The lowest BCUT2D eigenvalue weighted by molar-refractivity contribution is -0.108. The third-order valence-electron chi connectivity index (χ3n) is 4.20. The number of aromatic nitrogens is 2. The predicted molar refractivity (Wildman–Crippen MR) is 111 cm³/mol. The van der Waals surface area contributed by atoms with Crippen molar-refractivity contribution in [2.75, 3.05) is 24.8 Å². The SMILES string of the molecule is CCOC(=O)c1c(CC)ncnc1NC(C=O)c1ccc(CCOS(C)(=O)=O)cc1. The van der Waals surface area contributed by atoms with Crippen molar-refractivity contribution in [2.24, 2.45) is 0 Å². The first kappa shape index (κ1) is 23.4. The molecule has 0 amide bonds. The van der Waals surface area contributed by atoms with Gasteiger partial charge in [0.2, 0.25) is 0 Å². The number of esters is 1. The van der Waals surface area contributed by atoms with E-state index in [0.29, 0.717) is 30.4 Å². The Balaban J connectivity index is 2.19. The second kappa shape index (κ2) is 10.8. The van der Waals surface area contributed by atoms with Gasteiger partial charge in [-0.15, -0.1) is 0 Å². The van der Waals surface area contributed by atoms with Gasteiger partial charge < -0.3 is 14.8 Å². The second-order valence-corrected chi connectivity index (χ2v) is 8.04. The molecule has 1 atom stereocenters. The molecule has 0 fully saturated rings. The number of hydrogen-bond donors (Lipinski definition) is 1. The molecular weight excluding hydrogens is 410 g/mol. The summed E-state index contributed by atoms with van der Waals surface area (Å²) in [6.45, 7) is 3.81. The minimum atomic E-state index is -3.48. The van der Waals surface area contributed by atoms with E-state index in [4.69, 9.17) is 8.92 Å². The van der Waals surface area contributed by atoms with Gasteiger partial charge in [0, 0.05) is 0 Å². The van der Waals surface area contributed by atoms with Crippen LogP contribution in [0.15, 0.2) is 30.6 Å². The van der Waals surface area contributed by atoms with Crippen molar-refractivity contribution in [1.29, 1.82) is 0 Å². The average Bonchev–Trinajstić information content (AvgIpc) is 2.71. The zero-order valence-corrected chi connectivity index (χ0v) is 17.9. The van der Waals surface area contributed by atoms with E-state index in [1.54, 1.807) is 31.2 Å². The number of carbonyl (C=O) groups excluding carboxylic acids is 2. The summed E-state index contributed by atoms with van der Waals surface area (Å²) in [4.78, 5) is 32.4. The molecule has 1 aromatic carbocycles. The van der Waals surface area contributed by atoms with Crippen molar-refractivity contribution in [3.63, 3.8) is 0 Å². The molecule has 0 aliphatic heterocycles. The molecule has 0 saturated carbocycles. The first-order valence-electron chi connectivity index (χ1n) is 9.45. The molecule has 0 spiro atoms. The Morgan fingerprint density at radius 3 is 2.47 bits per heavy atom. The van der Waals surface area contributed by atoms with Gasteiger partial charge in [-0.3, -0.25) is 4.18 Å². The maximum absolute atomic E-state index is 12.4. The summed E-state index contributed by atoms with van der Waals surface area (Å²) in [5, 5.41) is 2.99. The molecular formula is C20H25N3O6S. The highest BCUT2D eigenvalue weighted by Gasteiger charge is 2.22. The second-order valence-electron chi connectivity index (χ2n) is 6.39. The smallest absolute Gasteiger partial charge is 0.343 e. The predicted octanol–water partition coefficient (Wildman–Crippen LogP) is 2.09. The molecule has 1 aromatic heterocycles. The molecule has 9 nitrogen and oxygen atoms in total. The molecule has 0 aliphatic rings. The fraction of sp³-hybridized carbons (Fsp3) is 0.400. The van der Waals surface area contributed by atoms with Gasteiger partial charge in [0.1, 0.15) is 30.0 Å². The molecule has 0 saturated heterocycles. The van der Waals surface area contributed by atoms with Crippen LogP contribution in [0.1, 0.15) is 47.1 Å².